The van der Waals surface area contributed by atoms with Gasteiger partial charge in [-0.2, -0.15) is 4.98 Å². The normalized spacial score (nSPS) is 16.9. The number of aromatic nitrogens is 2. The van der Waals surface area contributed by atoms with E-state index < -0.39 is 5.69 Å². The number of nitrogens with zero attached hydrogens (tertiary/aromatic N) is 1. The summed E-state index contributed by atoms with van der Waals surface area (Å²) in [5.41, 5.74) is 0.124. The average Bonchev–Trinajstić information content (AvgIpc) is 2.86. The Balaban J connectivity index is 2.18. The van der Waals surface area contributed by atoms with E-state index in [0.29, 0.717) is 18.9 Å². The number of carbonyl (C=O) groups excluding carboxylic acids is 1. The maximum absolute atomic E-state index is 12.5. The van der Waals surface area contributed by atoms with E-state index in [9.17, 15) is 9.59 Å². The number of ether oxygens (including phenoxy) is 1. The van der Waals surface area contributed by atoms with Crippen molar-refractivity contribution in [2.45, 2.75) is 51.5 Å². The van der Waals surface area contributed by atoms with Crippen molar-refractivity contribution in [1.29, 1.82) is 0 Å². The molecule has 0 unspecified atom stereocenters. The molecule has 122 valence electrons. The van der Waals surface area contributed by atoms with E-state index in [1.165, 1.54) is 0 Å². The van der Waals surface area contributed by atoms with Gasteiger partial charge in [0.05, 0.1) is 12.1 Å². The molecule has 0 spiro atoms. The van der Waals surface area contributed by atoms with Crippen LogP contribution >= 0.6 is 0 Å². The predicted molar refractivity (Wildman–Crippen MR) is 83.9 cm³/mol. The van der Waals surface area contributed by atoms with Crippen LogP contribution in [0.5, 0.6) is 0 Å². The van der Waals surface area contributed by atoms with Crippen molar-refractivity contribution < 1.29 is 9.53 Å². The predicted octanol–water partition coefficient (Wildman–Crippen LogP) is 1.66. The molecule has 1 saturated carbocycles. The van der Waals surface area contributed by atoms with E-state index in [4.69, 9.17) is 4.74 Å². The second-order valence-corrected chi connectivity index (χ2v) is 6.57. The third-order valence-electron chi connectivity index (χ3n) is 4.02. The van der Waals surface area contributed by atoms with Gasteiger partial charge in [0.25, 0.3) is 5.91 Å². The van der Waals surface area contributed by atoms with Crippen LogP contribution in [0.2, 0.25) is 0 Å². The van der Waals surface area contributed by atoms with E-state index >= 15 is 0 Å². The molecule has 0 atom stereocenters. The average molecular weight is 307 g/mol. The zero-order valence-corrected chi connectivity index (χ0v) is 13.6. The van der Waals surface area contributed by atoms with Gasteiger partial charge in [0.15, 0.2) is 0 Å². The Bertz CT molecular complexity index is 574. The van der Waals surface area contributed by atoms with Gasteiger partial charge < -0.3 is 15.0 Å². The first kappa shape index (κ1) is 16.7. The van der Waals surface area contributed by atoms with Crippen molar-refractivity contribution in [1.82, 2.24) is 15.3 Å². The summed E-state index contributed by atoms with van der Waals surface area (Å²) in [7, 11) is 1.64. The largest absolute Gasteiger partial charge is 0.382 e. The minimum Gasteiger partial charge on any atom is -0.382 e. The molecular formula is C16H25N3O3. The van der Waals surface area contributed by atoms with Crippen molar-refractivity contribution >= 4 is 5.91 Å². The molecule has 0 bridgehead atoms. The number of methoxy groups -OCH3 is 1. The quantitative estimate of drug-likeness (QED) is 0.837. The maximum Gasteiger partial charge on any atom is 0.345 e. The summed E-state index contributed by atoms with van der Waals surface area (Å²) in [6.45, 7) is 4.61. The lowest BCUT2D eigenvalue weighted by atomic mass is 9.98. The summed E-state index contributed by atoms with van der Waals surface area (Å²) in [4.78, 5) is 30.7. The number of amides is 1. The van der Waals surface area contributed by atoms with Crippen LogP contribution in [0.15, 0.2) is 10.9 Å². The minimum absolute atomic E-state index is 0.182. The van der Waals surface area contributed by atoms with Crippen LogP contribution in [0.4, 0.5) is 0 Å². The lowest BCUT2D eigenvalue weighted by Gasteiger charge is -2.29. The van der Waals surface area contributed by atoms with Gasteiger partial charge in [0, 0.05) is 12.8 Å². The summed E-state index contributed by atoms with van der Waals surface area (Å²) >= 11 is 0. The van der Waals surface area contributed by atoms with Crippen molar-refractivity contribution in [3.63, 3.8) is 0 Å². The monoisotopic (exact) mass is 307 g/mol. The zero-order valence-electron chi connectivity index (χ0n) is 13.6. The van der Waals surface area contributed by atoms with Gasteiger partial charge in [-0.25, -0.2) is 4.79 Å². The Labute approximate surface area is 130 Å². The highest BCUT2D eigenvalue weighted by Crippen LogP contribution is 2.30. The Morgan fingerprint density at radius 3 is 2.73 bits per heavy atom. The molecule has 0 aliphatic heterocycles. The van der Waals surface area contributed by atoms with Crippen molar-refractivity contribution in [3.05, 3.63) is 27.9 Å². The number of H-pyrrole nitrogens is 1. The summed E-state index contributed by atoms with van der Waals surface area (Å²) in [6, 6.07) is 1.67. The van der Waals surface area contributed by atoms with Crippen LogP contribution in [0.3, 0.4) is 0 Å². The fourth-order valence-electron chi connectivity index (χ4n) is 3.11. The van der Waals surface area contributed by atoms with Crippen LogP contribution < -0.4 is 11.0 Å². The van der Waals surface area contributed by atoms with Crippen LogP contribution in [0.25, 0.3) is 0 Å². The lowest BCUT2D eigenvalue weighted by Crippen LogP contribution is -2.50. The smallest absolute Gasteiger partial charge is 0.345 e. The fraction of sp³-hybridized carbons (Fsp3) is 0.688. The van der Waals surface area contributed by atoms with Gasteiger partial charge >= 0.3 is 5.69 Å². The molecule has 1 aliphatic carbocycles. The molecule has 0 aromatic carbocycles. The Morgan fingerprint density at radius 1 is 1.45 bits per heavy atom. The summed E-state index contributed by atoms with van der Waals surface area (Å²) in [5, 5.41) is 3.04. The molecule has 2 N–H and O–H groups in total. The number of rotatable bonds is 6. The van der Waals surface area contributed by atoms with Gasteiger partial charge in [-0.05, 0) is 31.2 Å². The van der Waals surface area contributed by atoms with E-state index in [-0.39, 0.29) is 17.1 Å². The van der Waals surface area contributed by atoms with Crippen LogP contribution in [-0.2, 0) is 11.2 Å². The molecule has 6 heteroatoms. The molecule has 2 rings (SSSR count). The highest BCUT2D eigenvalue weighted by atomic mass is 16.5. The summed E-state index contributed by atoms with van der Waals surface area (Å²) in [6.07, 6.45) is 4.65. The standard InChI is InChI=1S/C16H25N3O3/c1-11(2)8-12-9-13(18-15(21)17-12)14(20)19-16(10-22-3)6-4-5-7-16/h9,11H,4-8,10H2,1-3H3,(H,19,20)(H,17,18,21). The number of hydrogen-bond acceptors (Lipinski definition) is 4. The lowest BCUT2D eigenvalue weighted by molar-refractivity contribution is 0.0762. The molecule has 1 aromatic rings. The Morgan fingerprint density at radius 2 is 2.14 bits per heavy atom. The maximum atomic E-state index is 12.5. The van der Waals surface area contributed by atoms with Crippen molar-refractivity contribution in [2.75, 3.05) is 13.7 Å². The van der Waals surface area contributed by atoms with Gasteiger partial charge in [0.1, 0.15) is 5.69 Å². The second-order valence-electron chi connectivity index (χ2n) is 6.57. The third-order valence-corrected chi connectivity index (χ3v) is 4.02. The van der Waals surface area contributed by atoms with Crippen molar-refractivity contribution in [3.8, 4) is 0 Å². The minimum atomic E-state index is -0.476. The molecule has 6 nitrogen and oxygen atoms in total. The number of carbonyl (C=O) groups is 1. The van der Waals surface area contributed by atoms with Crippen LogP contribution in [0, 0.1) is 5.92 Å². The highest BCUT2D eigenvalue weighted by Gasteiger charge is 2.35. The topological polar surface area (TPSA) is 84.1 Å². The Kier molecular flexibility index (Phi) is 5.34. The first-order valence-electron chi connectivity index (χ1n) is 7.86. The number of nitrogens with one attached hydrogen (secondary N) is 2. The molecule has 22 heavy (non-hydrogen) atoms. The molecule has 1 aromatic heterocycles. The van der Waals surface area contributed by atoms with Gasteiger partial charge in [0.2, 0.25) is 0 Å². The number of aromatic amines is 1. The van der Waals surface area contributed by atoms with Crippen LogP contribution in [-0.4, -0.2) is 35.1 Å². The van der Waals surface area contributed by atoms with E-state index in [2.05, 4.69) is 29.1 Å². The summed E-state index contributed by atoms with van der Waals surface area (Å²) < 4.78 is 5.26. The molecule has 1 fully saturated rings. The van der Waals surface area contributed by atoms with E-state index in [1.54, 1.807) is 13.2 Å². The molecule has 0 saturated heterocycles. The first-order chi connectivity index (χ1) is 10.4. The van der Waals surface area contributed by atoms with Gasteiger partial charge in [-0.1, -0.05) is 26.7 Å². The van der Waals surface area contributed by atoms with Gasteiger partial charge in [-0.3, -0.25) is 4.79 Å². The van der Waals surface area contributed by atoms with E-state index in [1.807, 2.05) is 0 Å². The van der Waals surface area contributed by atoms with Gasteiger partial charge in [-0.15, -0.1) is 0 Å². The molecule has 1 heterocycles. The SMILES string of the molecule is COCC1(NC(=O)c2cc(CC(C)C)[nH]c(=O)n2)CCCC1. The number of hydrogen-bond donors (Lipinski definition) is 2. The molecule has 1 amide bonds. The third kappa shape index (κ3) is 4.16. The first-order valence-corrected chi connectivity index (χ1v) is 7.86. The Hall–Kier alpha value is -1.69. The highest BCUT2D eigenvalue weighted by molar-refractivity contribution is 5.92. The van der Waals surface area contributed by atoms with Crippen LogP contribution in [0.1, 0.15) is 55.7 Å². The fourth-order valence-corrected chi connectivity index (χ4v) is 3.11. The summed E-state index contributed by atoms with van der Waals surface area (Å²) in [5.74, 6) is 0.0960. The zero-order chi connectivity index (χ0) is 16.2. The molecule has 1 aliphatic rings. The molecular weight excluding hydrogens is 282 g/mol. The van der Waals surface area contributed by atoms with Crippen molar-refractivity contribution in [2.24, 2.45) is 5.92 Å². The second kappa shape index (κ2) is 7.05. The van der Waals surface area contributed by atoms with E-state index in [0.717, 1.165) is 31.4 Å². The molecule has 0 radical (unpaired) electrons.